The summed E-state index contributed by atoms with van der Waals surface area (Å²) in [5.41, 5.74) is 6.90. The van der Waals surface area contributed by atoms with E-state index in [9.17, 15) is 9.59 Å². The highest BCUT2D eigenvalue weighted by Crippen LogP contribution is 2.18. The van der Waals surface area contributed by atoms with Gasteiger partial charge in [-0.1, -0.05) is 12.2 Å². The molecule has 0 aromatic rings. The molecular weight excluding hydrogens is 214 g/mol. The van der Waals surface area contributed by atoms with Crippen LogP contribution in [0.15, 0.2) is 24.3 Å². The van der Waals surface area contributed by atoms with Crippen LogP contribution in [-0.2, 0) is 9.59 Å². The van der Waals surface area contributed by atoms with E-state index < -0.39 is 5.92 Å². The van der Waals surface area contributed by atoms with E-state index in [1.165, 1.54) is 6.92 Å². The molecule has 1 atom stereocenters. The minimum atomic E-state index is -0.405. The molecule has 0 aliphatic rings. The van der Waals surface area contributed by atoms with E-state index >= 15 is 0 Å². The lowest BCUT2D eigenvalue weighted by Crippen LogP contribution is -2.22. The first-order valence-corrected chi connectivity index (χ1v) is 5.97. The third kappa shape index (κ3) is 6.17. The van der Waals surface area contributed by atoms with Crippen LogP contribution in [0.4, 0.5) is 0 Å². The predicted molar refractivity (Wildman–Crippen MR) is 70.7 cm³/mol. The summed E-state index contributed by atoms with van der Waals surface area (Å²) in [6, 6.07) is 0. The van der Waals surface area contributed by atoms with Crippen LogP contribution in [0.5, 0.6) is 0 Å². The molecule has 0 amide bonds. The van der Waals surface area contributed by atoms with Gasteiger partial charge < -0.3 is 5.73 Å². The van der Waals surface area contributed by atoms with Crippen molar-refractivity contribution in [2.75, 3.05) is 6.54 Å². The molecule has 2 N–H and O–H groups in total. The molecular formula is C14H23NO2. The van der Waals surface area contributed by atoms with E-state index in [0.29, 0.717) is 25.0 Å². The SMILES string of the molecule is C=C(C)CCCC(=O)C(=C)[C@@H](CCN)C(C)=O. The number of hydrogen-bond acceptors (Lipinski definition) is 3. The molecule has 0 aliphatic heterocycles. The Morgan fingerprint density at radius 1 is 1.18 bits per heavy atom. The standard InChI is InChI=1S/C14H23NO2/c1-10(2)6-5-7-14(17)11(3)13(8-9-15)12(4)16/h13H,1,3,5-9,15H2,2,4H3/t13-/m1/s1. The number of nitrogens with two attached hydrogens (primary N) is 1. The zero-order valence-corrected chi connectivity index (χ0v) is 10.9. The van der Waals surface area contributed by atoms with Crippen LogP contribution in [0, 0.1) is 5.92 Å². The van der Waals surface area contributed by atoms with Crippen molar-refractivity contribution in [3.05, 3.63) is 24.3 Å². The summed E-state index contributed by atoms with van der Waals surface area (Å²) >= 11 is 0. The second kappa shape index (κ2) is 7.96. The van der Waals surface area contributed by atoms with E-state index in [1.807, 2.05) is 6.92 Å². The molecule has 96 valence electrons. The number of carbonyl (C=O) groups excluding carboxylic acids is 2. The van der Waals surface area contributed by atoms with Gasteiger partial charge >= 0.3 is 0 Å². The second-order valence-corrected chi connectivity index (χ2v) is 4.50. The van der Waals surface area contributed by atoms with Gasteiger partial charge in [0.2, 0.25) is 0 Å². The molecule has 0 fully saturated rings. The molecule has 0 heterocycles. The van der Waals surface area contributed by atoms with E-state index in [2.05, 4.69) is 13.2 Å². The topological polar surface area (TPSA) is 60.2 Å². The monoisotopic (exact) mass is 237 g/mol. The molecule has 3 heteroatoms. The van der Waals surface area contributed by atoms with Gasteiger partial charge in [0.05, 0.1) is 0 Å². The maximum Gasteiger partial charge on any atom is 0.159 e. The van der Waals surface area contributed by atoms with Crippen molar-refractivity contribution in [3.8, 4) is 0 Å². The number of allylic oxidation sites excluding steroid dienone is 2. The third-order valence-electron chi connectivity index (χ3n) is 2.73. The first-order valence-electron chi connectivity index (χ1n) is 5.97. The Hall–Kier alpha value is -1.22. The molecule has 0 aliphatic carbocycles. The summed E-state index contributed by atoms with van der Waals surface area (Å²) in [5, 5.41) is 0. The highest BCUT2D eigenvalue weighted by atomic mass is 16.1. The number of rotatable bonds is 9. The second-order valence-electron chi connectivity index (χ2n) is 4.50. The molecule has 0 rings (SSSR count). The predicted octanol–water partition coefficient (Wildman–Crippen LogP) is 2.41. The first kappa shape index (κ1) is 15.8. The average molecular weight is 237 g/mol. The van der Waals surface area contributed by atoms with Crippen LogP contribution in [-0.4, -0.2) is 18.1 Å². The fourth-order valence-electron chi connectivity index (χ4n) is 1.70. The highest BCUT2D eigenvalue weighted by Gasteiger charge is 2.21. The molecule has 0 bridgehead atoms. The molecule has 0 aromatic carbocycles. The van der Waals surface area contributed by atoms with Gasteiger partial charge in [0.15, 0.2) is 5.78 Å². The minimum absolute atomic E-state index is 0.0279. The Balaban J connectivity index is 4.30. The van der Waals surface area contributed by atoms with Crippen LogP contribution in [0.25, 0.3) is 0 Å². The Morgan fingerprint density at radius 3 is 2.18 bits per heavy atom. The molecule has 0 radical (unpaired) electrons. The van der Waals surface area contributed by atoms with E-state index in [-0.39, 0.29) is 11.6 Å². The fraction of sp³-hybridized carbons (Fsp3) is 0.571. The smallest absolute Gasteiger partial charge is 0.159 e. The highest BCUT2D eigenvalue weighted by molar-refractivity contribution is 6.00. The van der Waals surface area contributed by atoms with Crippen molar-refractivity contribution >= 4 is 11.6 Å². The maximum atomic E-state index is 11.8. The van der Waals surface area contributed by atoms with Gasteiger partial charge in [0.1, 0.15) is 5.78 Å². The van der Waals surface area contributed by atoms with Gasteiger partial charge in [0.25, 0.3) is 0 Å². The number of hydrogen-bond donors (Lipinski definition) is 1. The first-order chi connectivity index (χ1) is 7.90. The largest absolute Gasteiger partial charge is 0.330 e. The quantitative estimate of drug-likeness (QED) is 0.495. The summed E-state index contributed by atoms with van der Waals surface area (Å²) in [7, 11) is 0. The summed E-state index contributed by atoms with van der Waals surface area (Å²) < 4.78 is 0. The van der Waals surface area contributed by atoms with E-state index in [4.69, 9.17) is 5.73 Å². The van der Waals surface area contributed by atoms with Crippen LogP contribution < -0.4 is 5.73 Å². The zero-order valence-electron chi connectivity index (χ0n) is 10.9. The lowest BCUT2D eigenvalue weighted by molar-refractivity contribution is -0.123. The molecule has 3 nitrogen and oxygen atoms in total. The molecule has 17 heavy (non-hydrogen) atoms. The van der Waals surface area contributed by atoms with Gasteiger partial charge in [0, 0.05) is 12.3 Å². The number of ketones is 2. The average Bonchev–Trinajstić information content (AvgIpc) is 2.23. The third-order valence-corrected chi connectivity index (χ3v) is 2.73. The van der Waals surface area contributed by atoms with Crippen molar-refractivity contribution in [3.63, 3.8) is 0 Å². The van der Waals surface area contributed by atoms with Crippen LogP contribution in [0.1, 0.15) is 39.5 Å². The van der Waals surface area contributed by atoms with Crippen molar-refractivity contribution < 1.29 is 9.59 Å². The van der Waals surface area contributed by atoms with Crippen LogP contribution in [0.3, 0.4) is 0 Å². The summed E-state index contributed by atoms with van der Waals surface area (Å²) in [6.45, 7) is 11.3. The molecule has 0 spiro atoms. The molecule has 0 aromatic heterocycles. The van der Waals surface area contributed by atoms with Crippen LogP contribution >= 0.6 is 0 Å². The normalized spacial score (nSPS) is 11.9. The summed E-state index contributed by atoms with van der Waals surface area (Å²) in [5.74, 6) is -0.467. The Bertz CT molecular complexity index is 318. The minimum Gasteiger partial charge on any atom is -0.330 e. The van der Waals surface area contributed by atoms with E-state index in [1.54, 1.807) is 0 Å². The van der Waals surface area contributed by atoms with E-state index in [0.717, 1.165) is 18.4 Å². The Morgan fingerprint density at radius 2 is 1.76 bits per heavy atom. The molecule has 0 saturated heterocycles. The zero-order chi connectivity index (χ0) is 13.4. The van der Waals surface area contributed by atoms with Crippen molar-refractivity contribution in [2.24, 2.45) is 11.7 Å². The number of Topliss-reactive ketones (excluding diaryl/α,β-unsaturated/α-hetero) is 2. The van der Waals surface area contributed by atoms with Crippen molar-refractivity contribution in [2.45, 2.75) is 39.5 Å². The van der Waals surface area contributed by atoms with Gasteiger partial charge in [-0.05, 0) is 45.2 Å². The lowest BCUT2D eigenvalue weighted by atomic mass is 9.88. The number of carbonyl (C=O) groups is 2. The van der Waals surface area contributed by atoms with Gasteiger partial charge in [-0.15, -0.1) is 6.58 Å². The molecule has 0 unspecified atom stereocenters. The Kier molecular flexibility index (Phi) is 7.39. The summed E-state index contributed by atoms with van der Waals surface area (Å²) in [4.78, 5) is 23.2. The van der Waals surface area contributed by atoms with Crippen molar-refractivity contribution in [1.29, 1.82) is 0 Å². The maximum absolute atomic E-state index is 11.8. The molecule has 0 saturated carbocycles. The fourth-order valence-corrected chi connectivity index (χ4v) is 1.70. The van der Waals surface area contributed by atoms with Gasteiger partial charge in [-0.3, -0.25) is 9.59 Å². The van der Waals surface area contributed by atoms with Crippen LogP contribution in [0.2, 0.25) is 0 Å². The Labute approximate surface area is 104 Å². The van der Waals surface area contributed by atoms with Gasteiger partial charge in [-0.25, -0.2) is 0 Å². The lowest BCUT2D eigenvalue weighted by Gasteiger charge is -2.14. The summed E-state index contributed by atoms with van der Waals surface area (Å²) in [6.07, 6.45) is 2.53. The van der Waals surface area contributed by atoms with Gasteiger partial charge in [-0.2, -0.15) is 0 Å². The van der Waals surface area contributed by atoms with Crippen molar-refractivity contribution in [1.82, 2.24) is 0 Å².